The molecule has 2 aromatic rings. The lowest BCUT2D eigenvalue weighted by Crippen LogP contribution is -2.42. The molecule has 1 saturated carbocycles. The summed E-state index contributed by atoms with van der Waals surface area (Å²) in [5.74, 6) is 1.02. The molecule has 3 atom stereocenters. The quantitative estimate of drug-likeness (QED) is 0.669. The van der Waals surface area contributed by atoms with E-state index in [0.29, 0.717) is 11.8 Å². The van der Waals surface area contributed by atoms with Crippen LogP contribution in [0.3, 0.4) is 0 Å². The SMILES string of the molecule is CC(C)(C)OC(=O)N1CC[C@H]2CC[C@@H](c3ccc(-c4ccccc4)cc3)[C@H]21. The van der Waals surface area contributed by atoms with Gasteiger partial charge in [-0.25, -0.2) is 4.79 Å². The fraction of sp³-hybridized carbons (Fsp3) is 0.458. The third-order valence-electron chi connectivity index (χ3n) is 5.92. The third kappa shape index (κ3) is 3.73. The second-order valence-electron chi connectivity index (χ2n) is 8.88. The lowest BCUT2D eigenvalue weighted by molar-refractivity contribution is 0.0204. The highest BCUT2D eigenvalue weighted by atomic mass is 16.6. The van der Waals surface area contributed by atoms with Crippen molar-refractivity contribution in [2.75, 3.05) is 6.54 Å². The van der Waals surface area contributed by atoms with Crippen molar-refractivity contribution < 1.29 is 9.53 Å². The molecule has 2 fully saturated rings. The van der Waals surface area contributed by atoms with Gasteiger partial charge in [-0.15, -0.1) is 0 Å². The van der Waals surface area contributed by atoms with Crippen LogP contribution in [-0.2, 0) is 4.74 Å². The smallest absolute Gasteiger partial charge is 0.410 e. The molecule has 4 rings (SSSR count). The van der Waals surface area contributed by atoms with E-state index < -0.39 is 5.60 Å². The van der Waals surface area contributed by atoms with E-state index >= 15 is 0 Å². The van der Waals surface area contributed by atoms with Crippen LogP contribution in [0.1, 0.15) is 51.5 Å². The molecule has 1 aliphatic carbocycles. The van der Waals surface area contributed by atoms with Crippen molar-refractivity contribution in [3.05, 3.63) is 60.2 Å². The summed E-state index contributed by atoms with van der Waals surface area (Å²) in [6.45, 7) is 6.63. The van der Waals surface area contributed by atoms with Crippen LogP contribution in [0.25, 0.3) is 11.1 Å². The number of hydrogen-bond acceptors (Lipinski definition) is 2. The van der Waals surface area contributed by atoms with Crippen molar-refractivity contribution in [1.82, 2.24) is 4.90 Å². The molecule has 142 valence electrons. The molecule has 3 heteroatoms. The first kappa shape index (κ1) is 18.1. The number of rotatable bonds is 2. The Bertz CT molecular complexity index is 791. The Morgan fingerprint density at radius 1 is 0.926 bits per heavy atom. The summed E-state index contributed by atoms with van der Waals surface area (Å²) in [7, 11) is 0. The Hall–Kier alpha value is -2.29. The fourth-order valence-electron chi connectivity index (χ4n) is 4.76. The van der Waals surface area contributed by atoms with E-state index in [0.717, 1.165) is 19.4 Å². The average molecular weight is 364 g/mol. The van der Waals surface area contributed by atoms with Gasteiger partial charge in [0, 0.05) is 18.5 Å². The lowest BCUT2D eigenvalue weighted by Gasteiger charge is -2.32. The van der Waals surface area contributed by atoms with Crippen LogP contribution in [0, 0.1) is 5.92 Å². The van der Waals surface area contributed by atoms with Gasteiger partial charge in [0.1, 0.15) is 5.60 Å². The van der Waals surface area contributed by atoms with Crippen molar-refractivity contribution in [3.63, 3.8) is 0 Å². The average Bonchev–Trinajstić information content (AvgIpc) is 3.23. The van der Waals surface area contributed by atoms with Crippen molar-refractivity contribution in [2.45, 2.75) is 57.6 Å². The molecule has 0 unspecified atom stereocenters. The number of ether oxygens (including phenoxy) is 1. The van der Waals surface area contributed by atoms with Crippen LogP contribution < -0.4 is 0 Å². The number of fused-ring (bicyclic) bond motifs is 1. The number of carbonyl (C=O) groups excluding carboxylic acids is 1. The standard InChI is InChI=1S/C24H29NO2/c1-24(2,3)27-23(26)25-16-15-20-13-14-21(22(20)25)19-11-9-18(10-12-19)17-7-5-4-6-8-17/h4-12,20-22H,13-16H2,1-3H3/t20-,21+,22+/m1/s1. The van der Waals surface area contributed by atoms with Gasteiger partial charge < -0.3 is 9.64 Å². The Kier molecular flexibility index (Phi) is 4.71. The Morgan fingerprint density at radius 3 is 2.26 bits per heavy atom. The van der Waals surface area contributed by atoms with Crippen LogP contribution in [0.5, 0.6) is 0 Å². The molecule has 0 bridgehead atoms. The minimum absolute atomic E-state index is 0.150. The van der Waals surface area contributed by atoms with Crippen LogP contribution in [0.4, 0.5) is 4.79 Å². The predicted molar refractivity (Wildman–Crippen MR) is 109 cm³/mol. The van der Waals surface area contributed by atoms with Gasteiger partial charge in [-0.2, -0.15) is 0 Å². The molecule has 27 heavy (non-hydrogen) atoms. The van der Waals surface area contributed by atoms with Crippen molar-refractivity contribution in [1.29, 1.82) is 0 Å². The highest BCUT2D eigenvalue weighted by Gasteiger charge is 2.47. The van der Waals surface area contributed by atoms with E-state index in [2.05, 4.69) is 48.5 Å². The Labute approximate surface area is 162 Å². The zero-order valence-electron chi connectivity index (χ0n) is 16.5. The monoisotopic (exact) mass is 363 g/mol. The Morgan fingerprint density at radius 2 is 1.59 bits per heavy atom. The highest BCUT2D eigenvalue weighted by molar-refractivity contribution is 5.69. The first-order valence-electron chi connectivity index (χ1n) is 10.1. The molecular weight excluding hydrogens is 334 g/mol. The summed E-state index contributed by atoms with van der Waals surface area (Å²) in [6.07, 6.45) is 3.31. The lowest BCUT2D eigenvalue weighted by atomic mass is 9.90. The topological polar surface area (TPSA) is 29.5 Å². The summed E-state index contributed by atoms with van der Waals surface area (Å²) in [5, 5.41) is 0. The molecule has 3 nitrogen and oxygen atoms in total. The molecule has 1 heterocycles. The van der Waals surface area contributed by atoms with E-state index in [9.17, 15) is 4.79 Å². The maximum Gasteiger partial charge on any atom is 0.410 e. The van der Waals surface area contributed by atoms with E-state index in [1.165, 1.54) is 23.1 Å². The van der Waals surface area contributed by atoms with Gasteiger partial charge >= 0.3 is 6.09 Å². The second kappa shape index (κ2) is 7.03. The minimum atomic E-state index is -0.444. The van der Waals surface area contributed by atoms with E-state index in [1.807, 2.05) is 31.7 Å². The number of hydrogen-bond donors (Lipinski definition) is 0. The highest BCUT2D eigenvalue weighted by Crippen LogP contribution is 2.47. The van der Waals surface area contributed by atoms with Gasteiger partial charge in [-0.3, -0.25) is 0 Å². The normalized spacial score (nSPS) is 24.7. The van der Waals surface area contributed by atoms with Crippen LogP contribution in [0.15, 0.2) is 54.6 Å². The number of nitrogens with zero attached hydrogens (tertiary/aromatic N) is 1. The number of benzene rings is 2. The maximum absolute atomic E-state index is 12.7. The van der Waals surface area contributed by atoms with Crippen molar-refractivity contribution in [2.24, 2.45) is 5.92 Å². The zero-order chi connectivity index (χ0) is 19.0. The summed E-state index contributed by atoms with van der Waals surface area (Å²) in [6, 6.07) is 19.7. The molecule has 0 radical (unpaired) electrons. The van der Waals surface area contributed by atoms with Gasteiger partial charge in [-0.05, 0) is 62.6 Å². The molecule has 1 aliphatic heterocycles. The first-order chi connectivity index (χ1) is 12.9. The minimum Gasteiger partial charge on any atom is -0.444 e. The third-order valence-corrected chi connectivity index (χ3v) is 5.92. The van der Waals surface area contributed by atoms with E-state index in [1.54, 1.807) is 0 Å². The molecule has 0 aromatic heterocycles. The van der Waals surface area contributed by atoms with Gasteiger partial charge in [0.25, 0.3) is 0 Å². The molecule has 2 aliphatic rings. The molecule has 0 spiro atoms. The zero-order valence-corrected chi connectivity index (χ0v) is 16.5. The summed E-state index contributed by atoms with van der Waals surface area (Å²) in [5.41, 5.74) is 3.38. The van der Waals surface area contributed by atoms with E-state index in [4.69, 9.17) is 4.74 Å². The maximum atomic E-state index is 12.7. The van der Waals surface area contributed by atoms with Crippen LogP contribution >= 0.6 is 0 Å². The summed E-state index contributed by atoms with van der Waals surface area (Å²) in [4.78, 5) is 14.7. The molecular formula is C24H29NO2. The van der Waals surface area contributed by atoms with E-state index in [-0.39, 0.29) is 12.1 Å². The number of likely N-dealkylation sites (tertiary alicyclic amines) is 1. The second-order valence-corrected chi connectivity index (χ2v) is 8.88. The number of amides is 1. The fourth-order valence-corrected chi connectivity index (χ4v) is 4.76. The summed E-state index contributed by atoms with van der Waals surface area (Å²) >= 11 is 0. The van der Waals surface area contributed by atoms with Gasteiger partial charge in [0.15, 0.2) is 0 Å². The summed E-state index contributed by atoms with van der Waals surface area (Å²) < 4.78 is 5.68. The molecule has 0 N–H and O–H groups in total. The first-order valence-corrected chi connectivity index (χ1v) is 10.1. The van der Waals surface area contributed by atoms with Crippen LogP contribution in [0.2, 0.25) is 0 Å². The number of carbonyl (C=O) groups is 1. The predicted octanol–water partition coefficient (Wildman–Crippen LogP) is 5.86. The van der Waals surface area contributed by atoms with Gasteiger partial charge in [-0.1, -0.05) is 54.6 Å². The molecule has 2 aromatic carbocycles. The molecule has 1 amide bonds. The van der Waals surface area contributed by atoms with Crippen LogP contribution in [-0.4, -0.2) is 29.2 Å². The van der Waals surface area contributed by atoms with Gasteiger partial charge in [0.05, 0.1) is 0 Å². The Balaban J connectivity index is 1.54. The van der Waals surface area contributed by atoms with Crippen molar-refractivity contribution in [3.8, 4) is 11.1 Å². The van der Waals surface area contributed by atoms with Crippen molar-refractivity contribution >= 4 is 6.09 Å². The van der Waals surface area contributed by atoms with Gasteiger partial charge in [0.2, 0.25) is 0 Å². The molecule has 1 saturated heterocycles. The largest absolute Gasteiger partial charge is 0.444 e.